The number of hydrogen-bond donors (Lipinski definition) is 0. The molecule has 0 spiro atoms. The fourth-order valence-corrected chi connectivity index (χ4v) is 4.82. The van der Waals surface area contributed by atoms with Gasteiger partial charge in [-0.2, -0.15) is 0 Å². The maximum atomic E-state index is 13.5. The third-order valence-electron chi connectivity index (χ3n) is 5.33. The average molecular weight is 480 g/mol. The molecular weight excluding hydrogens is 458 g/mol. The maximum Gasteiger partial charge on any atom is 0.338 e. The van der Waals surface area contributed by atoms with Gasteiger partial charge in [-0.25, -0.2) is 9.79 Å². The summed E-state index contributed by atoms with van der Waals surface area (Å²) < 4.78 is 12.3. The van der Waals surface area contributed by atoms with Gasteiger partial charge in [0, 0.05) is 12.1 Å². The van der Waals surface area contributed by atoms with Crippen LogP contribution in [-0.4, -0.2) is 29.2 Å². The lowest BCUT2D eigenvalue weighted by Gasteiger charge is -2.24. The van der Waals surface area contributed by atoms with Gasteiger partial charge in [-0.15, -0.1) is 0 Å². The standard InChI is InChI=1S/C24H21N3O6S/c1-4-33-23(29)20-14(2)25-24-26(21(20)16-8-10-18(32-3)11-9-16)22(28)19(34-24)13-15-6-5-7-17(12-15)27(30)31/h5-13,21H,4H2,1-3H3/b19-13-/t21-/m1/s1. The Balaban J connectivity index is 1.93. The van der Waals surface area contributed by atoms with Crippen molar-refractivity contribution >= 4 is 29.1 Å². The molecule has 0 fully saturated rings. The van der Waals surface area contributed by atoms with E-state index >= 15 is 0 Å². The molecule has 10 heteroatoms. The van der Waals surface area contributed by atoms with Crippen LogP contribution in [0.1, 0.15) is 31.0 Å². The quantitative estimate of drug-likeness (QED) is 0.305. The molecule has 34 heavy (non-hydrogen) atoms. The second-order valence-corrected chi connectivity index (χ2v) is 8.44. The molecule has 0 bridgehead atoms. The summed E-state index contributed by atoms with van der Waals surface area (Å²) in [6, 6.07) is 12.4. The number of rotatable bonds is 6. The maximum absolute atomic E-state index is 13.5. The first-order valence-electron chi connectivity index (χ1n) is 10.4. The lowest BCUT2D eigenvalue weighted by atomic mass is 9.96. The Kier molecular flexibility index (Phi) is 6.42. The molecular formula is C24H21N3O6S. The van der Waals surface area contributed by atoms with E-state index in [9.17, 15) is 19.7 Å². The van der Waals surface area contributed by atoms with E-state index in [-0.39, 0.29) is 23.4 Å². The normalized spacial score (nSPS) is 15.5. The van der Waals surface area contributed by atoms with Crippen LogP contribution in [0.15, 0.2) is 69.6 Å². The minimum atomic E-state index is -0.742. The first kappa shape index (κ1) is 23.1. The van der Waals surface area contributed by atoms with Crippen LogP contribution in [0.4, 0.5) is 5.69 Å². The Labute approximate surface area is 198 Å². The summed E-state index contributed by atoms with van der Waals surface area (Å²) in [6.45, 7) is 3.60. The van der Waals surface area contributed by atoms with E-state index in [4.69, 9.17) is 9.47 Å². The van der Waals surface area contributed by atoms with E-state index in [0.717, 1.165) is 11.3 Å². The van der Waals surface area contributed by atoms with E-state index in [1.54, 1.807) is 63.4 Å². The Bertz CT molecular complexity index is 1480. The third-order valence-corrected chi connectivity index (χ3v) is 6.31. The average Bonchev–Trinajstić information content (AvgIpc) is 3.12. The lowest BCUT2D eigenvalue weighted by Crippen LogP contribution is -2.39. The highest BCUT2D eigenvalue weighted by atomic mass is 32.1. The van der Waals surface area contributed by atoms with Gasteiger partial charge in [0.2, 0.25) is 0 Å². The summed E-state index contributed by atoms with van der Waals surface area (Å²) in [6.07, 6.45) is 1.59. The van der Waals surface area contributed by atoms with Crippen LogP contribution in [0.25, 0.3) is 6.08 Å². The van der Waals surface area contributed by atoms with Gasteiger partial charge in [0.05, 0.1) is 40.5 Å². The predicted octanol–water partition coefficient (Wildman–Crippen LogP) is 2.72. The largest absolute Gasteiger partial charge is 0.497 e. The smallest absolute Gasteiger partial charge is 0.338 e. The zero-order valence-electron chi connectivity index (χ0n) is 18.7. The van der Waals surface area contributed by atoms with Crippen LogP contribution in [0.3, 0.4) is 0 Å². The molecule has 2 heterocycles. The van der Waals surface area contributed by atoms with Crippen LogP contribution in [0.2, 0.25) is 0 Å². The molecule has 0 radical (unpaired) electrons. The number of methoxy groups -OCH3 is 1. The summed E-state index contributed by atoms with van der Waals surface area (Å²) in [5.41, 5.74) is 1.52. The minimum absolute atomic E-state index is 0.0712. The summed E-state index contributed by atoms with van der Waals surface area (Å²) in [7, 11) is 1.56. The highest BCUT2D eigenvalue weighted by Crippen LogP contribution is 2.31. The first-order chi connectivity index (χ1) is 16.3. The molecule has 0 saturated carbocycles. The molecule has 0 unspecified atom stereocenters. The summed E-state index contributed by atoms with van der Waals surface area (Å²) in [5, 5.41) is 11.1. The molecule has 3 aromatic rings. The second-order valence-electron chi connectivity index (χ2n) is 7.43. The number of aromatic nitrogens is 1. The molecule has 0 amide bonds. The Hall–Kier alpha value is -4.05. The number of nitro groups is 1. The molecule has 4 rings (SSSR count). The van der Waals surface area contributed by atoms with Crippen molar-refractivity contribution in [1.82, 2.24) is 4.57 Å². The Morgan fingerprint density at radius 2 is 2.00 bits per heavy atom. The Morgan fingerprint density at radius 1 is 1.26 bits per heavy atom. The van der Waals surface area contributed by atoms with Crippen molar-refractivity contribution in [2.75, 3.05) is 13.7 Å². The number of hydrogen-bond acceptors (Lipinski definition) is 8. The van der Waals surface area contributed by atoms with E-state index in [0.29, 0.717) is 31.9 Å². The number of thiazole rings is 1. The van der Waals surface area contributed by atoms with Gasteiger partial charge in [0.15, 0.2) is 4.80 Å². The number of nitrogens with zero attached hydrogens (tertiary/aromatic N) is 3. The van der Waals surface area contributed by atoms with Crippen LogP contribution < -0.4 is 19.6 Å². The second kappa shape index (κ2) is 9.44. The summed E-state index contributed by atoms with van der Waals surface area (Å²) in [4.78, 5) is 42.0. The zero-order valence-corrected chi connectivity index (χ0v) is 19.5. The van der Waals surface area contributed by atoms with Crippen molar-refractivity contribution in [2.24, 2.45) is 4.99 Å². The number of ether oxygens (including phenoxy) is 2. The monoisotopic (exact) mass is 479 g/mol. The predicted molar refractivity (Wildman–Crippen MR) is 126 cm³/mol. The van der Waals surface area contributed by atoms with E-state index in [1.165, 1.54) is 16.7 Å². The van der Waals surface area contributed by atoms with Crippen molar-refractivity contribution in [3.05, 3.63) is 101 Å². The summed E-state index contributed by atoms with van der Waals surface area (Å²) >= 11 is 1.16. The molecule has 9 nitrogen and oxygen atoms in total. The molecule has 174 valence electrons. The number of esters is 1. The van der Waals surface area contributed by atoms with Crippen molar-refractivity contribution in [3.63, 3.8) is 0 Å². The molecule has 1 atom stereocenters. The van der Waals surface area contributed by atoms with Crippen LogP contribution in [-0.2, 0) is 9.53 Å². The van der Waals surface area contributed by atoms with Crippen molar-refractivity contribution in [1.29, 1.82) is 0 Å². The molecule has 1 aliphatic heterocycles. The number of carbonyl (C=O) groups excluding carboxylic acids is 1. The van der Waals surface area contributed by atoms with E-state index in [2.05, 4.69) is 4.99 Å². The number of benzene rings is 2. The highest BCUT2D eigenvalue weighted by molar-refractivity contribution is 7.07. The molecule has 0 N–H and O–H groups in total. The number of allylic oxidation sites excluding steroid dienone is 1. The lowest BCUT2D eigenvalue weighted by molar-refractivity contribution is -0.384. The zero-order chi connectivity index (χ0) is 24.4. The van der Waals surface area contributed by atoms with Crippen molar-refractivity contribution < 1.29 is 19.2 Å². The number of nitro benzene ring substituents is 1. The number of fused-ring (bicyclic) bond motifs is 1. The highest BCUT2D eigenvalue weighted by Gasteiger charge is 2.33. The fourth-order valence-electron chi connectivity index (χ4n) is 3.77. The van der Waals surface area contributed by atoms with E-state index in [1.807, 2.05) is 0 Å². The topological polar surface area (TPSA) is 113 Å². The van der Waals surface area contributed by atoms with Crippen molar-refractivity contribution in [2.45, 2.75) is 19.9 Å². The van der Waals surface area contributed by atoms with E-state index < -0.39 is 16.9 Å². The number of carbonyl (C=O) groups is 1. The van der Waals surface area contributed by atoms with Gasteiger partial charge >= 0.3 is 5.97 Å². The number of non-ortho nitro benzene ring substituents is 1. The third kappa shape index (κ3) is 4.27. The van der Waals surface area contributed by atoms with Gasteiger partial charge in [-0.05, 0) is 43.2 Å². The van der Waals surface area contributed by atoms with Crippen molar-refractivity contribution in [3.8, 4) is 5.75 Å². The van der Waals surface area contributed by atoms with Gasteiger partial charge in [0.1, 0.15) is 5.75 Å². The molecule has 0 aliphatic carbocycles. The molecule has 1 aromatic heterocycles. The van der Waals surface area contributed by atoms with Gasteiger partial charge in [-0.3, -0.25) is 19.5 Å². The summed E-state index contributed by atoms with van der Waals surface area (Å²) in [5.74, 6) is 0.0951. The molecule has 1 aliphatic rings. The van der Waals surface area contributed by atoms with Crippen LogP contribution in [0.5, 0.6) is 5.75 Å². The fraction of sp³-hybridized carbons (Fsp3) is 0.208. The van der Waals surface area contributed by atoms with Crippen LogP contribution >= 0.6 is 11.3 Å². The van der Waals surface area contributed by atoms with Gasteiger partial charge in [0.25, 0.3) is 11.2 Å². The molecule has 0 saturated heterocycles. The molecule has 2 aromatic carbocycles. The van der Waals surface area contributed by atoms with Gasteiger partial charge in [-0.1, -0.05) is 35.6 Å². The SMILES string of the molecule is CCOC(=O)C1=C(C)N=c2s/c(=C\c3cccc([N+](=O)[O-])c3)c(=O)n2[C@@H]1c1ccc(OC)cc1. The Morgan fingerprint density at radius 3 is 2.65 bits per heavy atom. The van der Waals surface area contributed by atoms with Gasteiger partial charge < -0.3 is 9.47 Å². The first-order valence-corrected chi connectivity index (χ1v) is 11.2. The van der Waals surface area contributed by atoms with Crippen LogP contribution in [0, 0.1) is 10.1 Å². The minimum Gasteiger partial charge on any atom is -0.497 e.